The molecule has 0 saturated carbocycles. The standard InChI is InChI=1S/C23H23Cl2NO4/c24-16-7-8-21(18(25)14-16)29-13-3-6-22(28)26-11-9-23(10-12-26)15-19(27)17-4-1-2-5-20(17)30-23/h1-2,4-5,7-8,14H,3,6,9-13,15H2. The number of nitrogens with zero attached hydrogens (tertiary/aromatic N) is 1. The van der Waals surface area contributed by atoms with Crippen molar-refractivity contribution in [2.75, 3.05) is 19.7 Å². The Balaban J connectivity index is 1.24. The summed E-state index contributed by atoms with van der Waals surface area (Å²) in [6.45, 7) is 1.59. The molecule has 2 aromatic rings. The highest BCUT2D eigenvalue weighted by Crippen LogP contribution is 2.39. The van der Waals surface area contributed by atoms with Crippen molar-refractivity contribution in [2.45, 2.75) is 37.7 Å². The van der Waals surface area contributed by atoms with Crippen molar-refractivity contribution in [3.05, 3.63) is 58.1 Å². The van der Waals surface area contributed by atoms with Gasteiger partial charge in [-0.2, -0.15) is 0 Å². The molecule has 2 aliphatic heterocycles. The Bertz CT molecular complexity index is 954. The van der Waals surface area contributed by atoms with E-state index in [0.717, 1.165) is 0 Å². The number of fused-ring (bicyclic) bond motifs is 1. The largest absolute Gasteiger partial charge is 0.492 e. The molecule has 30 heavy (non-hydrogen) atoms. The molecule has 2 aromatic carbocycles. The molecule has 7 heteroatoms. The number of halogens is 2. The Kier molecular flexibility index (Phi) is 6.21. The second-order valence-corrected chi connectivity index (χ2v) is 8.63. The van der Waals surface area contributed by atoms with Crippen molar-refractivity contribution >= 4 is 34.9 Å². The highest BCUT2D eigenvalue weighted by atomic mass is 35.5. The lowest BCUT2D eigenvalue weighted by Gasteiger charge is -2.44. The van der Waals surface area contributed by atoms with Crippen LogP contribution in [0.2, 0.25) is 10.0 Å². The van der Waals surface area contributed by atoms with Crippen LogP contribution >= 0.6 is 23.2 Å². The Morgan fingerprint density at radius 2 is 1.90 bits per heavy atom. The number of ether oxygens (including phenoxy) is 2. The van der Waals surface area contributed by atoms with Gasteiger partial charge in [0.2, 0.25) is 5.91 Å². The number of piperidine rings is 1. The Labute approximate surface area is 185 Å². The Hall–Kier alpha value is -2.24. The fraction of sp³-hybridized carbons (Fsp3) is 0.391. The molecule has 1 spiro atoms. The SMILES string of the molecule is O=C1CC2(CCN(C(=O)CCCOc3ccc(Cl)cc3Cl)CC2)Oc2ccccc21. The molecule has 1 saturated heterocycles. The first-order valence-electron chi connectivity index (χ1n) is 10.1. The lowest BCUT2D eigenvalue weighted by Crippen LogP contribution is -2.52. The lowest BCUT2D eigenvalue weighted by molar-refractivity contribution is -0.135. The maximum atomic E-state index is 12.6. The quantitative estimate of drug-likeness (QED) is 0.592. The Morgan fingerprint density at radius 3 is 2.67 bits per heavy atom. The number of hydrogen-bond donors (Lipinski definition) is 0. The van der Waals surface area contributed by atoms with Crippen LogP contribution < -0.4 is 9.47 Å². The van der Waals surface area contributed by atoms with E-state index < -0.39 is 5.60 Å². The van der Waals surface area contributed by atoms with Gasteiger partial charge in [0.05, 0.1) is 23.6 Å². The highest BCUT2D eigenvalue weighted by Gasteiger charge is 2.43. The Morgan fingerprint density at radius 1 is 1.13 bits per heavy atom. The van der Waals surface area contributed by atoms with Gasteiger partial charge in [0, 0.05) is 37.4 Å². The third-order valence-electron chi connectivity index (χ3n) is 5.71. The first-order valence-corrected chi connectivity index (χ1v) is 10.9. The molecule has 1 amide bonds. The van der Waals surface area contributed by atoms with Crippen LogP contribution in [0, 0.1) is 0 Å². The number of carbonyl (C=O) groups excluding carboxylic acids is 2. The van der Waals surface area contributed by atoms with Gasteiger partial charge in [-0.25, -0.2) is 0 Å². The monoisotopic (exact) mass is 447 g/mol. The summed E-state index contributed by atoms with van der Waals surface area (Å²) in [5.74, 6) is 1.44. The van der Waals surface area contributed by atoms with E-state index in [9.17, 15) is 9.59 Å². The summed E-state index contributed by atoms with van der Waals surface area (Å²) in [6, 6.07) is 12.5. The van der Waals surface area contributed by atoms with Crippen LogP contribution in [-0.4, -0.2) is 41.9 Å². The minimum Gasteiger partial charge on any atom is -0.492 e. The molecule has 0 radical (unpaired) electrons. The van der Waals surface area contributed by atoms with Crippen molar-refractivity contribution in [1.29, 1.82) is 0 Å². The van der Waals surface area contributed by atoms with E-state index in [1.54, 1.807) is 18.2 Å². The summed E-state index contributed by atoms with van der Waals surface area (Å²) in [5, 5.41) is 1.01. The average molecular weight is 448 g/mol. The van der Waals surface area contributed by atoms with Gasteiger partial charge in [-0.1, -0.05) is 35.3 Å². The minimum atomic E-state index is -0.489. The van der Waals surface area contributed by atoms with Crippen molar-refractivity contribution in [1.82, 2.24) is 4.90 Å². The van der Waals surface area contributed by atoms with Crippen LogP contribution in [-0.2, 0) is 4.79 Å². The van der Waals surface area contributed by atoms with Crippen molar-refractivity contribution in [2.24, 2.45) is 0 Å². The van der Waals surface area contributed by atoms with Gasteiger partial charge in [0.1, 0.15) is 17.1 Å². The molecular weight excluding hydrogens is 425 g/mol. The van der Waals surface area contributed by atoms with Crippen LogP contribution in [0.1, 0.15) is 42.5 Å². The second-order valence-electron chi connectivity index (χ2n) is 7.79. The second kappa shape index (κ2) is 8.86. The molecule has 0 bridgehead atoms. The number of benzene rings is 2. The fourth-order valence-corrected chi connectivity index (χ4v) is 4.50. The van der Waals surface area contributed by atoms with Gasteiger partial charge in [-0.15, -0.1) is 0 Å². The van der Waals surface area contributed by atoms with Gasteiger partial charge >= 0.3 is 0 Å². The van der Waals surface area contributed by atoms with Crippen LogP contribution in [0.25, 0.3) is 0 Å². The van der Waals surface area contributed by atoms with E-state index in [2.05, 4.69) is 0 Å². The van der Waals surface area contributed by atoms with E-state index in [-0.39, 0.29) is 11.7 Å². The molecule has 158 valence electrons. The number of Topliss-reactive ketones (excluding diaryl/α,β-unsaturated/α-hetero) is 1. The summed E-state index contributed by atoms with van der Waals surface area (Å²) >= 11 is 12.0. The van der Waals surface area contributed by atoms with E-state index >= 15 is 0 Å². The summed E-state index contributed by atoms with van der Waals surface area (Å²) in [7, 11) is 0. The van der Waals surface area contributed by atoms with Crippen LogP contribution in [0.3, 0.4) is 0 Å². The summed E-state index contributed by atoms with van der Waals surface area (Å²) < 4.78 is 11.9. The highest BCUT2D eigenvalue weighted by molar-refractivity contribution is 6.35. The first kappa shape index (κ1) is 21.0. The molecule has 0 aromatic heterocycles. The number of ketones is 1. The van der Waals surface area contributed by atoms with E-state index in [4.69, 9.17) is 32.7 Å². The average Bonchev–Trinajstić information content (AvgIpc) is 2.73. The number of rotatable bonds is 5. The summed E-state index contributed by atoms with van der Waals surface area (Å²) in [6.07, 6.45) is 2.70. The molecule has 4 rings (SSSR count). The zero-order chi connectivity index (χ0) is 21.1. The molecule has 0 unspecified atom stereocenters. The lowest BCUT2D eigenvalue weighted by atomic mass is 9.82. The number of amides is 1. The smallest absolute Gasteiger partial charge is 0.222 e. The molecule has 5 nitrogen and oxygen atoms in total. The molecular formula is C23H23Cl2NO4. The molecule has 2 aliphatic rings. The zero-order valence-corrected chi connectivity index (χ0v) is 18.0. The van der Waals surface area contributed by atoms with E-state index in [1.807, 2.05) is 29.2 Å². The predicted molar refractivity (Wildman–Crippen MR) is 116 cm³/mol. The molecule has 0 atom stereocenters. The van der Waals surface area contributed by atoms with Gasteiger partial charge in [-0.05, 0) is 36.8 Å². The number of likely N-dealkylation sites (tertiary alicyclic amines) is 1. The van der Waals surface area contributed by atoms with Gasteiger partial charge in [-0.3, -0.25) is 9.59 Å². The zero-order valence-electron chi connectivity index (χ0n) is 16.5. The number of para-hydroxylation sites is 1. The predicted octanol–water partition coefficient (Wildman–Crippen LogP) is 5.18. The van der Waals surface area contributed by atoms with Crippen LogP contribution in [0.15, 0.2) is 42.5 Å². The van der Waals surface area contributed by atoms with Gasteiger partial charge in [0.25, 0.3) is 0 Å². The van der Waals surface area contributed by atoms with Crippen LogP contribution in [0.4, 0.5) is 0 Å². The van der Waals surface area contributed by atoms with Crippen molar-refractivity contribution in [3.63, 3.8) is 0 Å². The summed E-state index contributed by atoms with van der Waals surface area (Å²) in [4.78, 5) is 26.9. The van der Waals surface area contributed by atoms with Gasteiger partial charge in [0.15, 0.2) is 5.78 Å². The maximum Gasteiger partial charge on any atom is 0.222 e. The molecule has 0 N–H and O–H groups in total. The number of carbonyl (C=O) groups is 2. The summed E-state index contributed by atoms with van der Waals surface area (Å²) in [5.41, 5.74) is 0.166. The maximum absolute atomic E-state index is 12.6. The molecule has 2 heterocycles. The van der Waals surface area contributed by atoms with Gasteiger partial charge < -0.3 is 14.4 Å². The molecule has 0 aliphatic carbocycles. The number of hydrogen-bond acceptors (Lipinski definition) is 4. The first-order chi connectivity index (χ1) is 14.5. The topological polar surface area (TPSA) is 55.8 Å². The third kappa shape index (κ3) is 4.57. The van der Waals surface area contributed by atoms with Crippen molar-refractivity contribution < 1.29 is 19.1 Å². The van der Waals surface area contributed by atoms with E-state index in [0.29, 0.717) is 78.9 Å². The normalized spacial score (nSPS) is 17.4. The van der Waals surface area contributed by atoms with Crippen molar-refractivity contribution in [3.8, 4) is 11.5 Å². The molecule has 1 fully saturated rings. The minimum absolute atomic E-state index is 0.0955. The third-order valence-corrected chi connectivity index (χ3v) is 6.24. The fourth-order valence-electron chi connectivity index (χ4n) is 4.04. The van der Waals surface area contributed by atoms with E-state index in [1.165, 1.54) is 0 Å². The van der Waals surface area contributed by atoms with Crippen LogP contribution in [0.5, 0.6) is 11.5 Å².